The van der Waals surface area contributed by atoms with E-state index in [2.05, 4.69) is 5.32 Å². The van der Waals surface area contributed by atoms with Gasteiger partial charge in [0.05, 0.1) is 19.1 Å². The van der Waals surface area contributed by atoms with Gasteiger partial charge in [-0.1, -0.05) is 35.9 Å². The van der Waals surface area contributed by atoms with Crippen molar-refractivity contribution in [3.05, 3.63) is 65.2 Å². The number of carbonyl (C=O) groups is 2. The second kappa shape index (κ2) is 9.08. The molecule has 1 aliphatic heterocycles. The van der Waals surface area contributed by atoms with E-state index in [1.807, 2.05) is 43.3 Å². The van der Waals surface area contributed by atoms with Crippen LogP contribution in [0.5, 0.6) is 11.5 Å². The molecule has 0 spiro atoms. The van der Waals surface area contributed by atoms with Crippen LogP contribution < -0.4 is 14.8 Å². The molecule has 146 valence electrons. The Hall–Kier alpha value is -3.28. The topological polar surface area (TPSA) is 73.9 Å². The summed E-state index contributed by atoms with van der Waals surface area (Å²) in [7, 11) is 0. The average Bonchev–Trinajstić information content (AvgIpc) is 3.14. The molecule has 1 amide bonds. The van der Waals surface area contributed by atoms with Crippen LogP contribution in [-0.4, -0.2) is 25.3 Å². The van der Waals surface area contributed by atoms with Gasteiger partial charge < -0.3 is 19.5 Å². The van der Waals surface area contributed by atoms with E-state index in [9.17, 15) is 9.59 Å². The summed E-state index contributed by atoms with van der Waals surface area (Å²) >= 11 is 0. The van der Waals surface area contributed by atoms with Crippen molar-refractivity contribution in [2.75, 3.05) is 13.4 Å². The van der Waals surface area contributed by atoms with Crippen LogP contribution in [0.2, 0.25) is 0 Å². The number of ether oxygens (including phenoxy) is 3. The van der Waals surface area contributed by atoms with Crippen LogP contribution >= 0.6 is 0 Å². The molecule has 0 bridgehead atoms. The summed E-state index contributed by atoms with van der Waals surface area (Å²) in [5.41, 5.74) is 2.77. The molecule has 1 N–H and O–H groups in total. The van der Waals surface area contributed by atoms with Gasteiger partial charge >= 0.3 is 5.97 Å². The number of rotatable bonds is 7. The fourth-order valence-electron chi connectivity index (χ4n) is 2.85. The van der Waals surface area contributed by atoms with Crippen molar-refractivity contribution in [2.45, 2.75) is 26.3 Å². The average molecular weight is 381 g/mol. The first-order valence-electron chi connectivity index (χ1n) is 9.15. The third kappa shape index (κ3) is 5.13. The van der Waals surface area contributed by atoms with Gasteiger partial charge in [-0.05, 0) is 43.2 Å². The number of carbonyl (C=O) groups excluding carboxylic acids is 2. The molecule has 1 unspecified atom stereocenters. The van der Waals surface area contributed by atoms with Crippen molar-refractivity contribution in [1.29, 1.82) is 0 Å². The summed E-state index contributed by atoms with van der Waals surface area (Å²) in [6.45, 7) is 4.24. The zero-order chi connectivity index (χ0) is 19.9. The van der Waals surface area contributed by atoms with Crippen molar-refractivity contribution in [3.8, 4) is 11.5 Å². The maximum atomic E-state index is 12.4. The van der Waals surface area contributed by atoms with E-state index in [0.717, 1.165) is 16.7 Å². The molecule has 28 heavy (non-hydrogen) atoms. The molecule has 0 saturated heterocycles. The lowest BCUT2D eigenvalue weighted by atomic mass is 10.0. The smallest absolute Gasteiger partial charge is 0.308 e. The first-order valence-corrected chi connectivity index (χ1v) is 9.15. The highest BCUT2D eigenvalue weighted by molar-refractivity contribution is 5.92. The summed E-state index contributed by atoms with van der Waals surface area (Å²) in [6, 6.07) is 12.7. The Morgan fingerprint density at radius 3 is 2.64 bits per heavy atom. The number of nitrogens with one attached hydrogen (secondary N) is 1. The van der Waals surface area contributed by atoms with Crippen LogP contribution in [0.4, 0.5) is 0 Å². The molecule has 2 aromatic carbocycles. The lowest BCUT2D eigenvalue weighted by Crippen LogP contribution is -2.29. The summed E-state index contributed by atoms with van der Waals surface area (Å²) < 4.78 is 15.7. The molecule has 0 aliphatic carbocycles. The van der Waals surface area contributed by atoms with Crippen LogP contribution in [-0.2, 0) is 14.3 Å². The highest BCUT2D eigenvalue weighted by atomic mass is 16.7. The van der Waals surface area contributed by atoms with Gasteiger partial charge in [-0.2, -0.15) is 0 Å². The van der Waals surface area contributed by atoms with Gasteiger partial charge in [0.15, 0.2) is 11.5 Å². The maximum Gasteiger partial charge on any atom is 0.308 e. The second-order valence-corrected chi connectivity index (χ2v) is 6.43. The summed E-state index contributed by atoms with van der Waals surface area (Å²) in [6.07, 6.45) is 3.19. The molecular weight excluding hydrogens is 358 g/mol. The second-order valence-electron chi connectivity index (χ2n) is 6.43. The Balaban J connectivity index is 1.69. The molecule has 0 fully saturated rings. The van der Waals surface area contributed by atoms with Crippen molar-refractivity contribution in [3.63, 3.8) is 0 Å². The molecule has 0 aromatic heterocycles. The number of benzene rings is 2. The first kappa shape index (κ1) is 19.5. The summed E-state index contributed by atoms with van der Waals surface area (Å²) in [5, 5.41) is 2.88. The van der Waals surface area contributed by atoms with Gasteiger partial charge in [0.25, 0.3) is 0 Å². The van der Waals surface area contributed by atoms with Crippen LogP contribution in [0.1, 0.15) is 36.1 Å². The number of aryl methyl sites for hydroxylation is 1. The molecule has 1 aliphatic rings. The van der Waals surface area contributed by atoms with Gasteiger partial charge in [0, 0.05) is 6.08 Å². The quantitative estimate of drug-likeness (QED) is 0.586. The molecule has 2 aromatic rings. The largest absolute Gasteiger partial charge is 0.466 e. The molecule has 6 nitrogen and oxygen atoms in total. The normalized spacial score (nSPS) is 13.4. The highest BCUT2D eigenvalue weighted by Crippen LogP contribution is 2.32. The van der Waals surface area contributed by atoms with Crippen molar-refractivity contribution >= 4 is 18.0 Å². The number of fused-ring (bicyclic) bond motifs is 1. The number of hydrogen-bond donors (Lipinski definition) is 1. The molecule has 1 atom stereocenters. The molecule has 3 rings (SSSR count). The van der Waals surface area contributed by atoms with Gasteiger partial charge in [-0.3, -0.25) is 9.59 Å². The molecule has 0 saturated carbocycles. The van der Waals surface area contributed by atoms with E-state index in [4.69, 9.17) is 14.2 Å². The third-order valence-corrected chi connectivity index (χ3v) is 4.30. The Morgan fingerprint density at radius 1 is 1.14 bits per heavy atom. The lowest BCUT2D eigenvalue weighted by Gasteiger charge is -2.18. The van der Waals surface area contributed by atoms with Gasteiger partial charge in [0.1, 0.15) is 0 Å². The van der Waals surface area contributed by atoms with E-state index in [-0.39, 0.29) is 25.1 Å². The minimum absolute atomic E-state index is 0.0699. The van der Waals surface area contributed by atoms with E-state index < -0.39 is 6.04 Å². The Labute approximate surface area is 164 Å². The fraction of sp³-hybridized carbons (Fsp3) is 0.273. The number of esters is 1. The van der Waals surface area contributed by atoms with Crippen LogP contribution in [0.3, 0.4) is 0 Å². The zero-order valence-electron chi connectivity index (χ0n) is 15.9. The van der Waals surface area contributed by atoms with E-state index in [0.29, 0.717) is 18.1 Å². The van der Waals surface area contributed by atoms with Gasteiger partial charge in [-0.15, -0.1) is 0 Å². The minimum atomic E-state index is -0.464. The van der Waals surface area contributed by atoms with Gasteiger partial charge in [-0.25, -0.2) is 0 Å². The van der Waals surface area contributed by atoms with E-state index in [1.165, 1.54) is 6.08 Å². The van der Waals surface area contributed by atoms with Crippen molar-refractivity contribution in [2.24, 2.45) is 0 Å². The predicted octanol–water partition coefficient (Wildman–Crippen LogP) is 3.55. The van der Waals surface area contributed by atoms with E-state index >= 15 is 0 Å². The standard InChI is InChI=1S/C22H23NO5/c1-3-26-22(25)13-18(17-8-4-15(2)5-9-17)23-21(24)11-7-16-6-10-19-20(12-16)28-14-27-19/h4-12,18H,3,13-14H2,1-2H3,(H,23,24). The number of hydrogen-bond acceptors (Lipinski definition) is 5. The minimum Gasteiger partial charge on any atom is -0.466 e. The molecule has 6 heteroatoms. The van der Waals surface area contributed by atoms with Crippen molar-refractivity contribution < 1.29 is 23.8 Å². The molecular formula is C22H23NO5. The highest BCUT2D eigenvalue weighted by Gasteiger charge is 2.18. The monoisotopic (exact) mass is 381 g/mol. The van der Waals surface area contributed by atoms with Gasteiger partial charge in [0.2, 0.25) is 12.7 Å². The number of amides is 1. The van der Waals surface area contributed by atoms with Crippen LogP contribution in [0.15, 0.2) is 48.5 Å². The Bertz CT molecular complexity index is 873. The summed E-state index contributed by atoms with van der Waals surface area (Å²) in [5.74, 6) is 0.693. The Kier molecular flexibility index (Phi) is 6.32. The summed E-state index contributed by atoms with van der Waals surface area (Å²) in [4.78, 5) is 24.4. The fourth-order valence-corrected chi connectivity index (χ4v) is 2.85. The first-order chi connectivity index (χ1) is 13.5. The van der Waals surface area contributed by atoms with Crippen LogP contribution in [0.25, 0.3) is 6.08 Å². The SMILES string of the molecule is CCOC(=O)CC(NC(=O)C=Cc1ccc2c(c1)OCO2)c1ccc(C)cc1. The lowest BCUT2D eigenvalue weighted by molar-refractivity contribution is -0.143. The van der Waals surface area contributed by atoms with E-state index in [1.54, 1.807) is 19.1 Å². The maximum absolute atomic E-state index is 12.4. The van der Waals surface area contributed by atoms with Crippen LogP contribution in [0, 0.1) is 6.92 Å². The predicted molar refractivity (Wildman–Crippen MR) is 105 cm³/mol. The molecule has 0 radical (unpaired) electrons. The zero-order valence-corrected chi connectivity index (χ0v) is 15.9. The third-order valence-electron chi connectivity index (χ3n) is 4.30. The van der Waals surface area contributed by atoms with Crippen molar-refractivity contribution in [1.82, 2.24) is 5.32 Å². The Morgan fingerprint density at radius 2 is 1.89 bits per heavy atom. The molecule has 1 heterocycles.